The Kier molecular flexibility index (Phi) is 3.87. The topological polar surface area (TPSA) is 119 Å². The van der Waals surface area contributed by atoms with Crippen LogP contribution in [0.2, 0.25) is 0 Å². The van der Waals surface area contributed by atoms with Crippen LogP contribution in [0.1, 0.15) is 12.0 Å². The molecule has 0 radical (unpaired) electrons. The molecule has 1 aromatic rings. The first kappa shape index (κ1) is 14.6. The van der Waals surface area contributed by atoms with Gasteiger partial charge in [-0.1, -0.05) is 0 Å². The number of sulfonamides is 1. The van der Waals surface area contributed by atoms with Gasteiger partial charge in [-0.3, -0.25) is 4.79 Å². The highest BCUT2D eigenvalue weighted by atomic mass is 32.2. The molecule has 0 unspecified atom stereocenters. The fourth-order valence-corrected chi connectivity index (χ4v) is 3.16. The molecule has 7 nitrogen and oxygen atoms in total. The van der Waals surface area contributed by atoms with Crippen molar-refractivity contribution in [1.82, 2.24) is 5.32 Å². The second-order valence-electron chi connectivity index (χ2n) is 4.83. The fraction of sp³-hybridized carbons (Fsp3) is 0.417. The molecule has 1 heterocycles. The number of nitrogens with zero attached hydrogens (tertiary/aromatic N) is 1. The SMILES string of the molecule is Cc1c(N2CCCNC(=O)C2)cc(N)cc1S(N)(=O)=O. The van der Waals surface area contributed by atoms with E-state index in [0.717, 1.165) is 6.42 Å². The number of carbonyl (C=O) groups is 1. The third-order valence-corrected chi connectivity index (χ3v) is 4.30. The number of nitrogen functional groups attached to an aromatic ring is 1. The van der Waals surface area contributed by atoms with E-state index in [-0.39, 0.29) is 17.3 Å². The van der Waals surface area contributed by atoms with E-state index in [2.05, 4.69) is 5.32 Å². The van der Waals surface area contributed by atoms with E-state index in [4.69, 9.17) is 10.9 Å². The van der Waals surface area contributed by atoms with Crippen LogP contribution in [0, 0.1) is 6.92 Å². The lowest BCUT2D eigenvalue weighted by Crippen LogP contribution is -2.33. The number of benzene rings is 1. The zero-order chi connectivity index (χ0) is 14.9. The lowest BCUT2D eigenvalue weighted by Gasteiger charge is -2.24. The van der Waals surface area contributed by atoms with Crippen LogP contribution in [-0.2, 0) is 14.8 Å². The molecule has 0 saturated carbocycles. The van der Waals surface area contributed by atoms with Gasteiger partial charge in [0.1, 0.15) is 0 Å². The van der Waals surface area contributed by atoms with Gasteiger partial charge in [0.05, 0.1) is 11.4 Å². The first-order valence-corrected chi connectivity index (χ1v) is 7.78. The Morgan fingerprint density at radius 3 is 2.70 bits per heavy atom. The number of nitrogens with one attached hydrogen (secondary N) is 1. The molecule has 5 N–H and O–H groups in total. The van der Waals surface area contributed by atoms with Gasteiger partial charge in [0.15, 0.2) is 0 Å². The highest BCUT2D eigenvalue weighted by Crippen LogP contribution is 2.29. The molecule has 1 aliphatic heterocycles. The Morgan fingerprint density at radius 2 is 2.05 bits per heavy atom. The summed E-state index contributed by atoms with van der Waals surface area (Å²) in [5.74, 6) is -0.0959. The second kappa shape index (κ2) is 5.29. The van der Waals surface area contributed by atoms with Gasteiger partial charge in [-0.25, -0.2) is 13.6 Å². The predicted molar refractivity (Wildman–Crippen MR) is 76.8 cm³/mol. The van der Waals surface area contributed by atoms with Gasteiger partial charge >= 0.3 is 0 Å². The molecule has 1 fully saturated rings. The summed E-state index contributed by atoms with van der Waals surface area (Å²) in [5, 5.41) is 7.97. The standard InChI is InChI=1S/C12H18N4O3S/c1-8-10(16-4-2-3-15-12(17)7-16)5-9(13)6-11(8)20(14,18)19/h5-6H,2-4,7,13H2,1H3,(H,15,17)(H2,14,18,19). The average molecular weight is 298 g/mol. The fourth-order valence-electron chi connectivity index (χ4n) is 2.33. The maximum atomic E-state index is 11.6. The molecule has 110 valence electrons. The Hall–Kier alpha value is -1.80. The molecule has 1 amide bonds. The molecule has 1 saturated heterocycles. The number of carbonyl (C=O) groups excluding carboxylic acids is 1. The summed E-state index contributed by atoms with van der Waals surface area (Å²) in [7, 11) is -3.85. The summed E-state index contributed by atoms with van der Waals surface area (Å²) >= 11 is 0. The van der Waals surface area contributed by atoms with Gasteiger partial charge < -0.3 is 16.0 Å². The van der Waals surface area contributed by atoms with Crippen LogP contribution in [0.25, 0.3) is 0 Å². The summed E-state index contributed by atoms with van der Waals surface area (Å²) in [6, 6.07) is 3.01. The second-order valence-corrected chi connectivity index (χ2v) is 6.36. The molecule has 0 atom stereocenters. The molecular weight excluding hydrogens is 280 g/mol. The Balaban J connectivity index is 2.51. The predicted octanol–water partition coefficient (Wildman–Crippen LogP) is -0.449. The smallest absolute Gasteiger partial charge is 0.239 e. The van der Waals surface area contributed by atoms with E-state index in [9.17, 15) is 13.2 Å². The first-order chi connectivity index (χ1) is 9.29. The zero-order valence-electron chi connectivity index (χ0n) is 11.2. The van der Waals surface area contributed by atoms with Crippen molar-refractivity contribution in [2.24, 2.45) is 5.14 Å². The van der Waals surface area contributed by atoms with E-state index in [1.165, 1.54) is 6.07 Å². The molecule has 20 heavy (non-hydrogen) atoms. The quantitative estimate of drug-likeness (QED) is 0.639. The number of amides is 1. The van der Waals surface area contributed by atoms with Crippen molar-refractivity contribution in [1.29, 1.82) is 0 Å². The first-order valence-electron chi connectivity index (χ1n) is 6.23. The highest BCUT2D eigenvalue weighted by Gasteiger charge is 2.21. The van der Waals surface area contributed by atoms with Gasteiger partial charge in [-0.2, -0.15) is 0 Å². The third-order valence-electron chi connectivity index (χ3n) is 3.26. The number of anilines is 2. The van der Waals surface area contributed by atoms with E-state index < -0.39 is 10.0 Å². The van der Waals surface area contributed by atoms with Crippen LogP contribution in [-0.4, -0.2) is 34.0 Å². The van der Waals surface area contributed by atoms with Gasteiger partial charge in [0, 0.05) is 24.5 Å². The summed E-state index contributed by atoms with van der Waals surface area (Å²) in [5.41, 5.74) is 7.20. The molecule has 0 aliphatic carbocycles. The van der Waals surface area contributed by atoms with E-state index in [1.54, 1.807) is 13.0 Å². The Morgan fingerprint density at radius 1 is 1.35 bits per heavy atom. The maximum Gasteiger partial charge on any atom is 0.239 e. The number of primary sulfonamides is 1. The molecule has 0 bridgehead atoms. The van der Waals surface area contributed by atoms with Crippen molar-refractivity contribution in [3.05, 3.63) is 17.7 Å². The van der Waals surface area contributed by atoms with Crippen molar-refractivity contribution in [3.8, 4) is 0 Å². The minimum Gasteiger partial charge on any atom is -0.399 e. The number of nitrogens with two attached hydrogens (primary N) is 2. The molecule has 0 spiro atoms. The van der Waals surface area contributed by atoms with Crippen LogP contribution in [0.15, 0.2) is 17.0 Å². The van der Waals surface area contributed by atoms with Crippen LogP contribution >= 0.6 is 0 Å². The van der Waals surface area contributed by atoms with Gasteiger partial charge in [0.2, 0.25) is 15.9 Å². The molecule has 0 aromatic heterocycles. The minimum atomic E-state index is -3.85. The lowest BCUT2D eigenvalue weighted by molar-refractivity contribution is -0.119. The van der Waals surface area contributed by atoms with E-state index in [0.29, 0.717) is 30.0 Å². The summed E-state index contributed by atoms with van der Waals surface area (Å²) in [6.45, 7) is 3.09. The molecular formula is C12H18N4O3S. The van der Waals surface area contributed by atoms with Crippen molar-refractivity contribution in [3.63, 3.8) is 0 Å². The Bertz CT molecular complexity index is 642. The lowest BCUT2D eigenvalue weighted by atomic mass is 10.1. The summed E-state index contributed by atoms with van der Waals surface area (Å²) in [4.78, 5) is 13.4. The van der Waals surface area contributed by atoms with E-state index in [1.807, 2.05) is 4.90 Å². The molecule has 1 aromatic carbocycles. The molecule has 1 aliphatic rings. The Labute approximate surface area is 118 Å². The summed E-state index contributed by atoms with van der Waals surface area (Å²) < 4.78 is 23.2. The third kappa shape index (κ3) is 3.02. The maximum absolute atomic E-state index is 11.6. The van der Waals surface area contributed by atoms with Crippen LogP contribution < -0.4 is 21.1 Å². The van der Waals surface area contributed by atoms with Crippen LogP contribution in [0.5, 0.6) is 0 Å². The average Bonchev–Trinajstić information content (AvgIpc) is 2.55. The van der Waals surface area contributed by atoms with Crippen LogP contribution in [0.4, 0.5) is 11.4 Å². The zero-order valence-corrected chi connectivity index (χ0v) is 12.0. The van der Waals surface area contributed by atoms with E-state index >= 15 is 0 Å². The normalized spacial score (nSPS) is 16.7. The van der Waals surface area contributed by atoms with Gasteiger partial charge in [0.25, 0.3) is 0 Å². The number of hydrogen-bond donors (Lipinski definition) is 3. The van der Waals surface area contributed by atoms with Crippen molar-refractivity contribution in [2.45, 2.75) is 18.2 Å². The summed E-state index contributed by atoms with van der Waals surface area (Å²) in [6.07, 6.45) is 0.782. The van der Waals surface area contributed by atoms with Gasteiger partial charge in [-0.15, -0.1) is 0 Å². The highest BCUT2D eigenvalue weighted by molar-refractivity contribution is 7.89. The minimum absolute atomic E-state index is 0.00263. The van der Waals surface area contributed by atoms with Crippen molar-refractivity contribution in [2.75, 3.05) is 30.3 Å². The van der Waals surface area contributed by atoms with Crippen molar-refractivity contribution >= 4 is 27.3 Å². The molecule has 2 rings (SSSR count). The number of hydrogen-bond acceptors (Lipinski definition) is 5. The largest absolute Gasteiger partial charge is 0.399 e. The molecule has 8 heteroatoms. The number of rotatable bonds is 2. The van der Waals surface area contributed by atoms with Crippen LogP contribution in [0.3, 0.4) is 0 Å². The monoisotopic (exact) mass is 298 g/mol. The van der Waals surface area contributed by atoms with Crippen molar-refractivity contribution < 1.29 is 13.2 Å². The van der Waals surface area contributed by atoms with Gasteiger partial charge in [-0.05, 0) is 31.0 Å².